The monoisotopic (exact) mass is 337 g/mol. The van der Waals surface area contributed by atoms with Crippen LogP contribution in [0.4, 0.5) is 13.2 Å². The van der Waals surface area contributed by atoms with Gasteiger partial charge < -0.3 is 10.4 Å². The van der Waals surface area contributed by atoms with Crippen molar-refractivity contribution in [2.45, 2.75) is 44.1 Å². The molecule has 0 fully saturated rings. The van der Waals surface area contributed by atoms with E-state index in [-0.39, 0.29) is 12.5 Å². The first-order valence-corrected chi connectivity index (χ1v) is 7.97. The minimum atomic E-state index is -4.65. The van der Waals surface area contributed by atoms with Gasteiger partial charge in [0.1, 0.15) is 0 Å². The van der Waals surface area contributed by atoms with Crippen molar-refractivity contribution in [1.29, 1.82) is 0 Å². The Morgan fingerprint density at radius 1 is 0.958 bits per heavy atom. The van der Waals surface area contributed by atoms with Crippen LogP contribution in [0.3, 0.4) is 0 Å². The average molecular weight is 337 g/mol. The summed E-state index contributed by atoms with van der Waals surface area (Å²) >= 11 is 0. The number of halogens is 3. The Morgan fingerprint density at radius 2 is 1.50 bits per heavy atom. The Morgan fingerprint density at radius 3 is 2.04 bits per heavy atom. The summed E-state index contributed by atoms with van der Waals surface area (Å²) in [6, 6.07) is 17.2. The number of aliphatic hydroxyl groups excluding tert-OH is 1. The summed E-state index contributed by atoms with van der Waals surface area (Å²) in [7, 11) is 0. The molecule has 2 aromatic rings. The van der Waals surface area contributed by atoms with Gasteiger partial charge in [-0.2, -0.15) is 13.2 Å². The van der Waals surface area contributed by atoms with E-state index in [1.165, 1.54) is 0 Å². The van der Waals surface area contributed by atoms with Crippen molar-refractivity contribution in [1.82, 2.24) is 5.32 Å². The third-order valence-electron chi connectivity index (χ3n) is 4.07. The molecule has 0 radical (unpaired) electrons. The predicted molar refractivity (Wildman–Crippen MR) is 88.6 cm³/mol. The van der Waals surface area contributed by atoms with Crippen molar-refractivity contribution < 1.29 is 18.3 Å². The maximum Gasteiger partial charge on any atom is 0.415 e. The molecule has 3 atom stereocenters. The Bertz CT molecular complexity index is 601. The fraction of sp³-hybridized carbons (Fsp3) is 0.368. The van der Waals surface area contributed by atoms with E-state index in [4.69, 9.17) is 0 Å². The first-order chi connectivity index (χ1) is 11.4. The zero-order chi connectivity index (χ0) is 17.6. The molecule has 0 aliphatic heterocycles. The Hall–Kier alpha value is -1.85. The highest BCUT2D eigenvalue weighted by Crippen LogP contribution is 2.26. The van der Waals surface area contributed by atoms with E-state index in [1.54, 1.807) is 6.92 Å². The molecule has 0 spiro atoms. The standard InChI is InChI=1S/C19H22F3NO/c1-14(16-10-6-3-7-11-16)23-17(18(24)19(20,21)22)13-12-15-8-4-2-5-9-15/h2-11,14,17-18,23-24H,12-13H2,1H3/t14-,17-,18-/m1/s1. The molecule has 0 heterocycles. The summed E-state index contributed by atoms with van der Waals surface area (Å²) in [5.41, 5.74) is 1.84. The van der Waals surface area contributed by atoms with Gasteiger partial charge in [-0.15, -0.1) is 0 Å². The van der Waals surface area contributed by atoms with E-state index in [2.05, 4.69) is 5.32 Å². The molecule has 5 heteroatoms. The first kappa shape index (κ1) is 18.5. The number of nitrogens with one attached hydrogen (secondary N) is 1. The molecule has 2 N–H and O–H groups in total. The minimum Gasteiger partial charge on any atom is -0.382 e. The lowest BCUT2D eigenvalue weighted by atomic mass is 9.98. The van der Waals surface area contributed by atoms with E-state index in [0.29, 0.717) is 6.42 Å². The molecule has 2 rings (SSSR count). The Labute approximate surface area is 140 Å². The molecule has 0 aliphatic rings. The fourth-order valence-corrected chi connectivity index (χ4v) is 2.69. The number of alkyl halides is 3. The van der Waals surface area contributed by atoms with Gasteiger partial charge >= 0.3 is 6.18 Å². The number of hydrogen-bond acceptors (Lipinski definition) is 2. The van der Waals surface area contributed by atoms with Crippen molar-refractivity contribution >= 4 is 0 Å². The van der Waals surface area contributed by atoms with Crippen LogP contribution in [-0.4, -0.2) is 23.4 Å². The van der Waals surface area contributed by atoms with Crippen LogP contribution >= 0.6 is 0 Å². The van der Waals surface area contributed by atoms with Crippen molar-refractivity contribution in [3.8, 4) is 0 Å². The van der Waals surface area contributed by atoms with E-state index in [1.807, 2.05) is 60.7 Å². The van der Waals surface area contributed by atoms with Crippen molar-refractivity contribution in [3.05, 3.63) is 71.8 Å². The SMILES string of the molecule is C[C@@H](N[C@H](CCc1ccccc1)[C@@H](O)C(F)(F)F)c1ccccc1. The second-order valence-corrected chi connectivity index (χ2v) is 5.92. The summed E-state index contributed by atoms with van der Waals surface area (Å²) in [6.45, 7) is 1.80. The lowest BCUT2D eigenvalue weighted by molar-refractivity contribution is -0.213. The highest BCUT2D eigenvalue weighted by Gasteiger charge is 2.43. The number of benzene rings is 2. The van der Waals surface area contributed by atoms with Crippen LogP contribution in [0, 0.1) is 0 Å². The second kappa shape index (κ2) is 8.31. The summed E-state index contributed by atoms with van der Waals surface area (Å²) in [5.74, 6) is 0. The van der Waals surface area contributed by atoms with Gasteiger partial charge in [-0.05, 0) is 30.9 Å². The van der Waals surface area contributed by atoms with E-state index >= 15 is 0 Å². The van der Waals surface area contributed by atoms with Crippen molar-refractivity contribution in [2.24, 2.45) is 0 Å². The quantitative estimate of drug-likeness (QED) is 0.791. The maximum atomic E-state index is 13.0. The molecule has 0 aromatic heterocycles. The highest BCUT2D eigenvalue weighted by molar-refractivity contribution is 5.19. The Balaban J connectivity index is 2.07. The summed E-state index contributed by atoms with van der Waals surface area (Å²) in [5, 5.41) is 12.7. The molecule has 0 aliphatic carbocycles. The molecule has 130 valence electrons. The number of aliphatic hydroxyl groups is 1. The van der Waals surface area contributed by atoms with Crippen molar-refractivity contribution in [2.75, 3.05) is 0 Å². The highest BCUT2D eigenvalue weighted by atomic mass is 19.4. The lowest BCUT2D eigenvalue weighted by Crippen LogP contribution is -2.48. The van der Waals surface area contributed by atoms with Gasteiger partial charge in [0, 0.05) is 12.1 Å². The molecule has 0 unspecified atom stereocenters. The van der Waals surface area contributed by atoms with Gasteiger partial charge in [0.05, 0.1) is 0 Å². The minimum absolute atomic E-state index is 0.196. The molecular formula is C19H22F3NO. The maximum absolute atomic E-state index is 13.0. The predicted octanol–water partition coefficient (Wildman–Crippen LogP) is 4.26. The van der Waals surface area contributed by atoms with E-state index < -0.39 is 18.3 Å². The molecule has 24 heavy (non-hydrogen) atoms. The van der Waals surface area contributed by atoms with Crippen LogP contribution < -0.4 is 5.32 Å². The number of rotatable bonds is 7. The molecular weight excluding hydrogens is 315 g/mol. The molecule has 0 amide bonds. The van der Waals surface area contributed by atoms with Crippen LogP contribution in [0.1, 0.15) is 30.5 Å². The third kappa shape index (κ3) is 5.35. The van der Waals surface area contributed by atoms with Crippen LogP contribution in [0.15, 0.2) is 60.7 Å². The van der Waals surface area contributed by atoms with Gasteiger partial charge in [-0.25, -0.2) is 0 Å². The summed E-state index contributed by atoms with van der Waals surface area (Å²) in [4.78, 5) is 0. The molecule has 2 nitrogen and oxygen atoms in total. The molecule has 0 bridgehead atoms. The van der Waals surface area contributed by atoms with Crippen LogP contribution in [0.5, 0.6) is 0 Å². The Kier molecular flexibility index (Phi) is 6.40. The van der Waals surface area contributed by atoms with Gasteiger partial charge in [-0.1, -0.05) is 60.7 Å². The van der Waals surface area contributed by atoms with Gasteiger partial charge in [0.2, 0.25) is 0 Å². The largest absolute Gasteiger partial charge is 0.415 e. The number of aryl methyl sites for hydroxylation is 1. The lowest BCUT2D eigenvalue weighted by Gasteiger charge is -2.29. The van der Waals surface area contributed by atoms with Gasteiger partial charge in [0.15, 0.2) is 6.10 Å². The molecule has 0 saturated carbocycles. The first-order valence-electron chi connectivity index (χ1n) is 7.97. The number of hydrogen-bond donors (Lipinski definition) is 2. The van der Waals surface area contributed by atoms with Gasteiger partial charge in [-0.3, -0.25) is 0 Å². The smallest absolute Gasteiger partial charge is 0.382 e. The molecule has 0 saturated heterocycles. The average Bonchev–Trinajstić information content (AvgIpc) is 2.58. The van der Waals surface area contributed by atoms with Crippen LogP contribution in [-0.2, 0) is 6.42 Å². The third-order valence-corrected chi connectivity index (χ3v) is 4.07. The second-order valence-electron chi connectivity index (χ2n) is 5.92. The zero-order valence-corrected chi connectivity index (χ0v) is 13.5. The van der Waals surface area contributed by atoms with E-state index in [0.717, 1.165) is 11.1 Å². The fourth-order valence-electron chi connectivity index (χ4n) is 2.69. The summed E-state index contributed by atoms with van der Waals surface area (Å²) < 4.78 is 39.0. The molecule has 2 aromatic carbocycles. The zero-order valence-electron chi connectivity index (χ0n) is 13.5. The topological polar surface area (TPSA) is 32.3 Å². The summed E-state index contributed by atoms with van der Waals surface area (Å²) in [6.07, 6.45) is -6.38. The van der Waals surface area contributed by atoms with Crippen molar-refractivity contribution in [3.63, 3.8) is 0 Å². The van der Waals surface area contributed by atoms with Crippen LogP contribution in [0.25, 0.3) is 0 Å². The van der Waals surface area contributed by atoms with Gasteiger partial charge in [0.25, 0.3) is 0 Å². The van der Waals surface area contributed by atoms with Crippen LogP contribution in [0.2, 0.25) is 0 Å². The van der Waals surface area contributed by atoms with E-state index in [9.17, 15) is 18.3 Å². The normalized spacial score (nSPS) is 15.7.